The second-order valence-corrected chi connectivity index (χ2v) is 7.94. The van der Waals surface area contributed by atoms with E-state index in [1.807, 2.05) is 18.3 Å². The molecule has 1 fully saturated rings. The van der Waals surface area contributed by atoms with Crippen LogP contribution in [0.4, 0.5) is 14.5 Å². The van der Waals surface area contributed by atoms with Crippen LogP contribution >= 0.6 is 11.6 Å². The van der Waals surface area contributed by atoms with Crippen molar-refractivity contribution in [1.29, 1.82) is 0 Å². The smallest absolute Gasteiger partial charge is 0.144 e. The van der Waals surface area contributed by atoms with E-state index in [4.69, 9.17) is 16.6 Å². The predicted octanol–water partition coefficient (Wildman–Crippen LogP) is 4.78. The number of benzene rings is 1. The second-order valence-electron chi connectivity index (χ2n) is 7.53. The highest BCUT2D eigenvalue weighted by Crippen LogP contribution is 2.34. The van der Waals surface area contributed by atoms with E-state index >= 15 is 0 Å². The molecule has 0 unspecified atom stereocenters. The molecule has 3 aromatic heterocycles. The summed E-state index contributed by atoms with van der Waals surface area (Å²) in [5, 5.41) is 13.5. The molecule has 1 aromatic carbocycles. The van der Waals surface area contributed by atoms with E-state index in [2.05, 4.69) is 25.8 Å². The Morgan fingerprint density at radius 2 is 1.81 bits per heavy atom. The molecule has 158 valence electrons. The van der Waals surface area contributed by atoms with Gasteiger partial charge in [-0.1, -0.05) is 11.6 Å². The molecule has 0 saturated carbocycles. The van der Waals surface area contributed by atoms with Gasteiger partial charge in [-0.2, -0.15) is 5.10 Å². The minimum Gasteiger partial charge on any atom is -0.381 e. The van der Waals surface area contributed by atoms with Crippen LogP contribution in [0.25, 0.3) is 33.5 Å². The molecular weight excluding hydrogens is 422 g/mol. The number of hydrogen-bond donors (Lipinski definition) is 3. The van der Waals surface area contributed by atoms with Crippen molar-refractivity contribution in [1.82, 2.24) is 25.5 Å². The largest absolute Gasteiger partial charge is 0.381 e. The molecule has 1 aliphatic rings. The van der Waals surface area contributed by atoms with Gasteiger partial charge in [0.1, 0.15) is 11.6 Å². The molecule has 5 rings (SSSR count). The summed E-state index contributed by atoms with van der Waals surface area (Å²) in [6.45, 7) is 1.99. The van der Waals surface area contributed by atoms with Crippen LogP contribution in [-0.2, 0) is 0 Å². The van der Waals surface area contributed by atoms with Gasteiger partial charge in [0.15, 0.2) is 0 Å². The Balaban J connectivity index is 1.51. The Kier molecular flexibility index (Phi) is 5.25. The molecule has 0 radical (unpaired) electrons. The Morgan fingerprint density at radius 1 is 0.968 bits per heavy atom. The fourth-order valence-corrected chi connectivity index (χ4v) is 4.00. The SMILES string of the molecule is Fc1cc(F)c(-c2[nH]ncc2-c2ccc3ncc(NC4CCNCC4)cc3n2)cc1Cl. The molecule has 0 amide bonds. The van der Waals surface area contributed by atoms with Gasteiger partial charge < -0.3 is 10.6 Å². The third kappa shape index (κ3) is 3.96. The zero-order chi connectivity index (χ0) is 21.4. The van der Waals surface area contributed by atoms with Crippen LogP contribution in [0.5, 0.6) is 0 Å². The lowest BCUT2D eigenvalue weighted by molar-refractivity contribution is 0.479. The van der Waals surface area contributed by atoms with Crippen molar-refractivity contribution in [3.63, 3.8) is 0 Å². The van der Waals surface area contributed by atoms with Gasteiger partial charge >= 0.3 is 0 Å². The zero-order valence-corrected chi connectivity index (χ0v) is 17.2. The number of rotatable bonds is 4. The first-order valence-electron chi connectivity index (χ1n) is 10.0. The molecular formula is C22H19ClF2N6. The summed E-state index contributed by atoms with van der Waals surface area (Å²) >= 11 is 5.87. The van der Waals surface area contributed by atoms with Gasteiger partial charge in [-0.05, 0) is 50.2 Å². The number of aromatic nitrogens is 4. The normalized spacial score (nSPS) is 14.8. The monoisotopic (exact) mass is 440 g/mol. The molecule has 4 heterocycles. The van der Waals surface area contributed by atoms with Gasteiger partial charge in [0.25, 0.3) is 0 Å². The van der Waals surface area contributed by atoms with Crippen LogP contribution in [0.15, 0.2) is 42.7 Å². The van der Waals surface area contributed by atoms with E-state index in [1.54, 1.807) is 12.3 Å². The van der Waals surface area contributed by atoms with E-state index in [-0.39, 0.29) is 10.6 Å². The first-order valence-corrected chi connectivity index (χ1v) is 10.4. The zero-order valence-electron chi connectivity index (χ0n) is 16.4. The summed E-state index contributed by atoms with van der Waals surface area (Å²) < 4.78 is 28.0. The summed E-state index contributed by atoms with van der Waals surface area (Å²) in [4.78, 5) is 9.22. The highest BCUT2D eigenvalue weighted by molar-refractivity contribution is 6.31. The van der Waals surface area contributed by atoms with Crippen LogP contribution in [0.1, 0.15) is 12.8 Å². The summed E-state index contributed by atoms with van der Waals surface area (Å²) in [7, 11) is 0. The maximum atomic E-state index is 14.4. The van der Waals surface area contributed by atoms with Crippen LogP contribution < -0.4 is 10.6 Å². The third-order valence-corrected chi connectivity index (χ3v) is 5.73. The van der Waals surface area contributed by atoms with Gasteiger partial charge in [-0.15, -0.1) is 0 Å². The molecule has 0 aliphatic carbocycles. The van der Waals surface area contributed by atoms with Crippen LogP contribution in [-0.4, -0.2) is 39.3 Å². The van der Waals surface area contributed by atoms with E-state index in [0.717, 1.165) is 43.2 Å². The molecule has 0 spiro atoms. The van der Waals surface area contributed by atoms with Crippen molar-refractivity contribution in [2.24, 2.45) is 0 Å². The fraction of sp³-hybridized carbons (Fsp3) is 0.227. The quantitative estimate of drug-likeness (QED) is 0.398. The van der Waals surface area contributed by atoms with Crippen molar-refractivity contribution >= 4 is 28.3 Å². The fourth-order valence-electron chi connectivity index (χ4n) is 3.84. The summed E-state index contributed by atoms with van der Waals surface area (Å²) in [5.41, 5.74) is 4.05. The minimum absolute atomic E-state index is 0.125. The van der Waals surface area contributed by atoms with E-state index in [1.165, 1.54) is 6.07 Å². The number of H-pyrrole nitrogens is 1. The van der Waals surface area contributed by atoms with Gasteiger partial charge in [-0.3, -0.25) is 10.1 Å². The third-order valence-electron chi connectivity index (χ3n) is 5.44. The lowest BCUT2D eigenvalue weighted by Gasteiger charge is -2.24. The number of pyridine rings is 2. The van der Waals surface area contributed by atoms with Gasteiger partial charge in [0.2, 0.25) is 0 Å². The lowest BCUT2D eigenvalue weighted by atomic mass is 10.0. The number of piperidine rings is 1. The number of aromatic amines is 1. The van der Waals surface area contributed by atoms with Crippen LogP contribution in [0.3, 0.4) is 0 Å². The van der Waals surface area contributed by atoms with Crippen molar-refractivity contribution < 1.29 is 8.78 Å². The molecule has 9 heteroatoms. The Morgan fingerprint density at radius 3 is 2.65 bits per heavy atom. The highest BCUT2D eigenvalue weighted by Gasteiger charge is 2.18. The van der Waals surface area contributed by atoms with Crippen molar-refractivity contribution in [2.75, 3.05) is 18.4 Å². The van der Waals surface area contributed by atoms with Crippen molar-refractivity contribution in [2.45, 2.75) is 18.9 Å². The first-order chi connectivity index (χ1) is 15.1. The first kappa shape index (κ1) is 19.8. The molecule has 1 aliphatic heterocycles. The van der Waals surface area contributed by atoms with Crippen LogP contribution in [0.2, 0.25) is 5.02 Å². The van der Waals surface area contributed by atoms with Gasteiger partial charge in [0.05, 0.1) is 45.5 Å². The molecule has 31 heavy (non-hydrogen) atoms. The van der Waals surface area contributed by atoms with E-state index in [9.17, 15) is 8.78 Å². The Bertz CT molecular complexity index is 1250. The molecule has 0 bridgehead atoms. The van der Waals surface area contributed by atoms with Crippen molar-refractivity contribution in [3.8, 4) is 22.5 Å². The molecule has 0 atom stereocenters. The van der Waals surface area contributed by atoms with Gasteiger partial charge in [-0.25, -0.2) is 13.8 Å². The minimum atomic E-state index is -0.812. The maximum absolute atomic E-state index is 14.4. The number of hydrogen-bond acceptors (Lipinski definition) is 5. The van der Waals surface area contributed by atoms with E-state index in [0.29, 0.717) is 28.5 Å². The predicted molar refractivity (Wildman–Crippen MR) is 117 cm³/mol. The lowest BCUT2D eigenvalue weighted by Crippen LogP contribution is -2.35. The maximum Gasteiger partial charge on any atom is 0.144 e. The molecule has 6 nitrogen and oxygen atoms in total. The average molecular weight is 441 g/mol. The highest BCUT2D eigenvalue weighted by atomic mass is 35.5. The summed E-state index contributed by atoms with van der Waals surface area (Å²) in [6, 6.07) is 8.02. The number of nitrogens with one attached hydrogen (secondary N) is 3. The number of nitrogens with zero attached hydrogens (tertiary/aromatic N) is 3. The second kappa shape index (κ2) is 8.20. The van der Waals surface area contributed by atoms with Gasteiger partial charge in [0, 0.05) is 23.2 Å². The number of halogens is 3. The number of anilines is 1. The Labute approximate surface area is 182 Å². The standard InChI is InChI=1S/C22H19ClF2N6/c23-16-8-14(17(24)9-18(16)25)22-15(11-28-31-22)19-1-2-20-21(30-19)7-13(10-27-20)29-12-3-5-26-6-4-12/h1-2,7-12,26,29H,3-6H2,(H,28,31). The van der Waals surface area contributed by atoms with Crippen LogP contribution in [0, 0.1) is 11.6 Å². The topological polar surface area (TPSA) is 78.5 Å². The summed E-state index contributed by atoms with van der Waals surface area (Å²) in [6.07, 6.45) is 5.47. The Hall–Kier alpha value is -3.10. The number of fused-ring (bicyclic) bond motifs is 1. The van der Waals surface area contributed by atoms with Crippen molar-refractivity contribution in [3.05, 3.63) is 59.4 Å². The molecule has 1 saturated heterocycles. The average Bonchev–Trinajstić information content (AvgIpc) is 3.26. The van der Waals surface area contributed by atoms with E-state index < -0.39 is 11.6 Å². The summed E-state index contributed by atoms with van der Waals surface area (Å²) in [5.74, 6) is -1.55. The molecule has 3 N–H and O–H groups in total. The molecule has 4 aromatic rings.